The topological polar surface area (TPSA) is 75.4 Å². The first-order chi connectivity index (χ1) is 11.6. The number of benzene rings is 1. The molecule has 0 spiro atoms. The van der Waals surface area contributed by atoms with Crippen molar-refractivity contribution in [3.63, 3.8) is 0 Å². The molecule has 2 aromatic rings. The lowest BCUT2D eigenvalue weighted by molar-refractivity contribution is -0.141. The smallest absolute Gasteiger partial charge is 0.326 e. The Hall–Kier alpha value is -2.63. The molecule has 0 aliphatic rings. The van der Waals surface area contributed by atoms with Gasteiger partial charge in [0.1, 0.15) is 6.04 Å². The van der Waals surface area contributed by atoms with Crippen LogP contribution in [0.5, 0.6) is 0 Å². The van der Waals surface area contributed by atoms with Crippen molar-refractivity contribution < 1.29 is 14.7 Å². The summed E-state index contributed by atoms with van der Waals surface area (Å²) in [6, 6.07) is 8.43. The fourth-order valence-electron chi connectivity index (χ4n) is 2.75. The largest absolute Gasteiger partial charge is 0.480 e. The van der Waals surface area contributed by atoms with Gasteiger partial charge in [-0.05, 0) is 40.2 Å². The summed E-state index contributed by atoms with van der Waals surface area (Å²) in [5, 5.41) is 13.7. The highest BCUT2D eigenvalue weighted by Crippen LogP contribution is 2.21. The summed E-state index contributed by atoms with van der Waals surface area (Å²) in [6.45, 7) is 9.59. The van der Waals surface area contributed by atoms with E-state index in [4.69, 9.17) is 0 Å². The number of hydrogen-bond donors (Lipinski definition) is 1. The highest BCUT2D eigenvalue weighted by atomic mass is 16.4. The van der Waals surface area contributed by atoms with E-state index in [-0.39, 0.29) is 18.0 Å². The Labute approximate surface area is 148 Å². The minimum Gasteiger partial charge on any atom is -0.480 e. The van der Waals surface area contributed by atoms with Crippen molar-refractivity contribution in [2.75, 3.05) is 0 Å². The SMILES string of the molecule is Cc1c(C(=O)N(Cc2ccccc2)[C@@H](C)C(=O)O)cnn1C(C)(C)C. The molecular formula is C19H25N3O3. The molecule has 0 fully saturated rings. The lowest BCUT2D eigenvalue weighted by Crippen LogP contribution is -2.43. The molecule has 0 aliphatic carbocycles. The highest BCUT2D eigenvalue weighted by Gasteiger charge is 2.30. The molecular weight excluding hydrogens is 318 g/mol. The number of carbonyl (C=O) groups is 2. The van der Waals surface area contributed by atoms with Gasteiger partial charge in [-0.2, -0.15) is 5.10 Å². The fraction of sp³-hybridized carbons (Fsp3) is 0.421. The van der Waals surface area contributed by atoms with Crippen LogP contribution in [-0.2, 0) is 16.9 Å². The average molecular weight is 343 g/mol. The maximum absolute atomic E-state index is 13.1. The number of nitrogens with zero attached hydrogens (tertiary/aromatic N) is 3. The number of hydrogen-bond acceptors (Lipinski definition) is 3. The van der Waals surface area contributed by atoms with Gasteiger partial charge in [-0.15, -0.1) is 0 Å². The van der Waals surface area contributed by atoms with Crippen molar-refractivity contribution in [2.24, 2.45) is 0 Å². The Morgan fingerprint density at radius 2 is 1.84 bits per heavy atom. The van der Waals surface area contributed by atoms with Crippen molar-refractivity contribution in [1.29, 1.82) is 0 Å². The van der Waals surface area contributed by atoms with Crippen LogP contribution in [0.1, 0.15) is 49.3 Å². The monoisotopic (exact) mass is 343 g/mol. The molecule has 0 bridgehead atoms. The van der Waals surface area contributed by atoms with Gasteiger partial charge < -0.3 is 10.0 Å². The molecule has 2 rings (SSSR count). The third kappa shape index (κ3) is 4.07. The van der Waals surface area contributed by atoms with Gasteiger partial charge in [-0.25, -0.2) is 4.79 Å². The Kier molecular flexibility index (Phi) is 5.30. The molecule has 6 heteroatoms. The predicted octanol–water partition coefficient (Wildman–Crippen LogP) is 3.06. The number of carbonyl (C=O) groups excluding carboxylic acids is 1. The van der Waals surface area contributed by atoms with Crippen LogP contribution in [0.4, 0.5) is 0 Å². The van der Waals surface area contributed by atoms with E-state index in [2.05, 4.69) is 5.10 Å². The number of aromatic nitrogens is 2. The zero-order chi connectivity index (χ0) is 18.8. The molecule has 134 valence electrons. The Bertz CT molecular complexity index is 760. The maximum Gasteiger partial charge on any atom is 0.326 e. The van der Waals surface area contributed by atoms with Crippen molar-refractivity contribution >= 4 is 11.9 Å². The molecule has 6 nitrogen and oxygen atoms in total. The second-order valence-corrected chi connectivity index (χ2v) is 7.16. The molecule has 1 N–H and O–H groups in total. The van der Waals surface area contributed by atoms with E-state index in [9.17, 15) is 14.7 Å². The maximum atomic E-state index is 13.1. The summed E-state index contributed by atoms with van der Waals surface area (Å²) in [4.78, 5) is 25.9. The molecule has 1 aromatic heterocycles. The van der Waals surface area contributed by atoms with Gasteiger partial charge in [0.25, 0.3) is 5.91 Å². The Morgan fingerprint density at radius 1 is 1.24 bits per heavy atom. The molecule has 0 unspecified atom stereocenters. The van der Waals surface area contributed by atoms with E-state index in [1.54, 1.807) is 4.68 Å². The van der Waals surface area contributed by atoms with E-state index in [1.165, 1.54) is 18.0 Å². The van der Waals surface area contributed by atoms with Crippen molar-refractivity contribution in [1.82, 2.24) is 14.7 Å². The van der Waals surface area contributed by atoms with Crippen molar-refractivity contribution in [2.45, 2.75) is 52.7 Å². The molecule has 0 saturated heterocycles. The normalized spacial score (nSPS) is 12.7. The standard InChI is InChI=1S/C19H25N3O3/c1-13-16(11-20-22(13)19(3,4)5)17(23)21(14(2)18(24)25)12-15-9-7-6-8-10-15/h6-11,14H,12H2,1-5H3,(H,24,25)/t14-/m0/s1. The highest BCUT2D eigenvalue weighted by molar-refractivity contribution is 5.97. The van der Waals surface area contributed by atoms with Gasteiger partial charge in [-0.1, -0.05) is 30.3 Å². The molecule has 0 saturated carbocycles. The number of carboxylic acids is 1. The number of aliphatic carboxylic acids is 1. The van der Waals surface area contributed by atoms with Crippen LogP contribution in [0.25, 0.3) is 0 Å². The summed E-state index contributed by atoms with van der Waals surface area (Å²) in [7, 11) is 0. The van der Waals surface area contributed by atoms with Gasteiger partial charge in [0, 0.05) is 12.2 Å². The number of carboxylic acid groups (broad SMARTS) is 1. The van der Waals surface area contributed by atoms with E-state index in [1.807, 2.05) is 58.0 Å². The molecule has 1 aromatic carbocycles. The van der Waals surface area contributed by atoms with E-state index in [0.29, 0.717) is 5.56 Å². The lowest BCUT2D eigenvalue weighted by Gasteiger charge is -2.27. The van der Waals surface area contributed by atoms with Crippen LogP contribution in [-0.4, -0.2) is 37.7 Å². The van der Waals surface area contributed by atoms with E-state index in [0.717, 1.165) is 11.3 Å². The summed E-state index contributed by atoms with van der Waals surface area (Å²) in [5.74, 6) is -1.36. The van der Waals surface area contributed by atoms with Crippen molar-refractivity contribution in [3.8, 4) is 0 Å². The summed E-state index contributed by atoms with van der Waals surface area (Å²) >= 11 is 0. The zero-order valence-corrected chi connectivity index (χ0v) is 15.4. The third-order valence-electron chi connectivity index (χ3n) is 4.16. The van der Waals surface area contributed by atoms with Gasteiger partial charge >= 0.3 is 5.97 Å². The first-order valence-electron chi connectivity index (χ1n) is 8.25. The Balaban J connectivity index is 2.39. The van der Waals surface area contributed by atoms with Gasteiger partial charge in [0.15, 0.2) is 0 Å². The summed E-state index contributed by atoms with van der Waals surface area (Å²) in [6.07, 6.45) is 1.52. The average Bonchev–Trinajstić information content (AvgIpc) is 2.94. The first-order valence-corrected chi connectivity index (χ1v) is 8.25. The molecule has 25 heavy (non-hydrogen) atoms. The van der Waals surface area contributed by atoms with Crippen LogP contribution < -0.4 is 0 Å². The fourth-order valence-corrected chi connectivity index (χ4v) is 2.75. The summed E-state index contributed by atoms with van der Waals surface area (Å²) in [5.41, 5.74) is 1.78. The molecule has 1 amide bonds. The van der Waals surface area contributed by atoms with E-state index >= 15 is 0 Å². The van der Waals surface area contributed by atoms with Crippen LogP contribution in [0.3, 0.4) is 0 Å². The first kappa shape index (κ1) is 18.7. The predicted molar refractivity (Wildman–Crippen MR) is 95.4 cm³/mol. The number of rotatable bonds is 5. The van der Waals surface area contributed by atoms with Crippen molar-refractivity contribution in [3.05, 3.63) is 53.3 Å². The van der Waals surface area contributed by atoms with Crippen LogP contribution in [0, 0.1) is 6.92 Å². The number of amides is 1. The molecule has 0 radical (unpaired) electrons. The third-order valence-corrected chi connectivity index (χ3v) is 4.16. The van der Waals surface area contributed by atoms with Crippen LogP contribution in [0.2, 0.25) is 0 Å². The lowest BCUT2D eigenvalue weighted by atomic mass is 10.1. The second-order valence-electron chi connectivity index (χ2n) is 7.16. The Morgan fingerprint density at radius 3 is 2.32 bits per heavy atom. The summed E-state index contributed by atoms with van der Waals surface area (Å²) < 4.78 is 1.78. The van der Waals surface area contributed by atoms with Gasteiger partial charge in [0.2, 0.25) is 0 Å². The quantitative estimate of drug-likeness (QED) is 0.905. The van der Waals surface area contributed by atoms with E-state index < -0.39 is 12.0 Å². The zero-order valence-electron chi connectivity index (χ0n) is 15.4. The minimum atomic E-state index is -1.04. The molecule has 1 atom stereocenters. The minimum absolute atomic E-state index is 0.229. The second kappa shape index (κ2) is 7.09. The molecule has 0 aliphatic heterocycles. The van der Waals surface area contributed by atoms with Crippen LogP contribution >= 0.6 is 0 Å². The van der Waals surface area contributed by atoms with Gasteiger partial charge in [-0.3, -0.25) is 9.48 Å². The van der Waals surface area contributed by atoms with Gasteiger partial charge in [0.05, 0.1) is 17.3 Å². The molecule has 1 heterocycles. The van der Waals surface area contributed by atoms with Crippen LogP contribution in [0.15, 0.2) is 36.5 Å².